The Kier molecular flexibility index (Phi) is 4.79. The van der Waals surface area contributed by atoms with Gasteiger partial charge in [-0.2, -0.15) is 0 Å². The molecule has 1 atom stereocenters. The first-order valence-electron chi connectivity index (χ1n) is 8.25. The van der Waals surface area contributed by atoms with Crippen LogP contribution in [0.15, 0.2) is 17.5 Å². The summed E-state index contributed by atoms with van der Waals surface area (Å²) in [6.07, 6.45) is 5.55. The molecule has 3 rings (SSSR count). The molecular formula is C17H28N2S. The van der Waals surface area contributed by atoms with E-state index in [2.05, 4.69) is 41.6 Å². The lowest BCUT2D eigenvalue weighted by Crippen LogP contribution is -2.40. The van der Waals surface area contributed by atoms with Crippen molar-refractivity contribution in [3.05, 3.63) is 22.4 Å². The van der Waals surface area contributed by atoms with E-state index in [-0.39, 0.29) is 0 Å². The summed E-state index contributed by atoms with van der Waals surface area (Å²) >= 11 is 1.94. The van der Waals surface area contributed by atoms with Gasteiger partial charge in [-0.15, -0.1) is 11.3 Å². The van der Waals surface area contributed by atoms with E-state index < -0.39 is 0 Å². The fraction of sp³-hybridized carbons (Fsp3) is 0.765. The van der Waals surface area contributed by atoms with Crippen molar-refractivity contribution in [1.29, 1.82) is 0 Å². The van der Waals surface area contributed by atoms with Crippen molar-refractivity contribution in [2.75, 3.05) is 19.6 Å². The molecule has 1 unspecified atom stereocenters. The Morgan fingerprint density at radius 2 is 2.00 bits per heavy atom. The van der Waals surface area contributed by atoms with Crippen LogP contribution in [-0.4, -0.2) is 30.6 Å². The zero-order valence-electron chi connectivity index (χ0n) is 12.8. The monoisotopic (exact) mass is 292 g/mol. The van der Waals surface area contributed by atoms with E-state index in [0.29, 0.717) is 12.0 Å². The fourth-order valence-electron chi connectivity index (χ4n) is 3.59. The van der Waals surface area contributed by atoms with Gasteiger partial charge in [0, 0.05) is 23.5 Å². The second kappa shape index (κ2) is 6.59. The lowest BCUT2D eigenvalue weighted by Gasteiger charge is -2.37. The minimum Gasteiger partial charge on any atom is -0.317 e. The number of hydrogen-bond donors (Lipinski definition) is 1. The maximum absolute atomic E-state index is 3.50. The molecule has 0 amide bonds. The molecule has 1 N–H and O–H groups in total. The van der Waals surface area contributed by atoms with Crippen molar-refractivity contribution in [2.24, 2.45) is 11.8 Å². The third kappa shape index (κ3) is 3.44. The highest BCUT2D eigenvalue weighted by molar-refractivity contribution is 7.10. The first-order valence-corrected chi connectivity index (χ1v) is 9.13. The molecule has 2 nitrogen and oxygen atoms in total. The summed E-state index contributed by atoms with van der Waals surface area (Å²) in [5, 5.41) is 5.73. The topological polar surface area (TPSA) is 15.3 Å². The van der Waals surface area contributed by atoms with Crippen molar-refractivity contribution in [3.8, 4) is 0 Å². The average molecular weight is 292 g/mol. The smallest absolute Gasteiger partial charge is 0.0467 e. The summed E-state index contributed by atoms with van der Waals surface area (Å²) in [4.78, 5) is 4.42. The van der Waals surface area contributed by atoms with Crippen molar-refractivity contribution in [1.82, 2.24) is 10.2 Å². The van der Waals surface area contributed by atoms with Crippen LogP contribution < -0.4 is 5.32 Å². The van der Waals surface area contributed by atoms with Crippen LogP contribution in [0.25, 0.3) is 0 Å². The SMILES string of the molecule is CC(C)C(c1cccs1)N(CC1CCNCC1)C1CC1. The third-order valence-electron chi connectivity index (χ3n) is 4.77. The molecule has 0 radical (unpaired) electrons. The summed E-state index contributed by atoms with van der Waals surface area (Å²) in [6, 6.07) is 6.05. The summed E-state index contributed by atoms with van der Waals surface area (Å²) in [7, 11) is 0. The van der Waals surface area contributed by atoms with Crippen molar-refractivity contribution in [2.45, 2.75) is 51.6 Å². The van der Waals surface area contributed by atoms with Gasteiger partial charge < -0.3 is 5.32 Å². The van der Waals surface area contributed by atoms with Gasteiger partial charge >= 0.3 is 0 Å². The number of nitrogens with zero attached hydrogens (tertiary/aromatic N) is 1. The van der Waals surface area contributed by atoms with E-state index in [1.807, 2.05) is 11.3 Å². The third-order valence-corrected chi connectivity index (χ3v) is 5.71. The number of piperidine rings is 1. The van der Waals surface area contributed by atoms with Gasteiger partial charge in [0.15, 0.2) is 0 Å². The lowest BCUT2D eigenvalue weighted by molar-refractivity contribution is 0.114. The van der Waals surface area contributed by atoms with E-state index in [0.717, 1.165) is 12.0 Å². The summed E-state index contributed by atoms with van der Waals surface area (Å²) in [5.74, 6) is 1.61. The van der Waals surface area contributed by atoms with Crippen LogP contribution in [0.5, 0.6) is 0 Å². The van der Waals surface area contributed by atoms with E-state index in [9.17, 15) is 0 Å². The zero-order valence-corrected chi connectivity index (χ0v) is 13.7. The van der Waals surface area contributed by atoms with Gasteiger partial charge in [-0.25, -0.2) is 0 Å². The molecule has 0 spiro atoms. The predicted molar refractivity (Wildman–Crippen MR) is 87.2 cm³/mol. The Labute approximate surface area is 127 Å². The highest BCUT2D eigenvalue weighted by atomic mass is 32.1. The first-order chi connectivity index (χ1) is 9.75. The molecule has 1 aliphatic heterocycles. The Bertz CT molecular complexity index is 391. The fourth-order valence-corrected chi connectivity index (χ4v) is 4.61. The Balaban J connectivity index is 1.73. The molecule has 3 heteroatoms. The van der Waals surface area contributed by atoms with Crippen LogP contribution in [0.4, 0.5) is 0 Å². The van der Waals surface area contributed by atoms with E-state index in [1.54, 1.807) is 4.88 Å². The van der Waals surface area contributed by atoms with Crippen LogP contribution in [0.2, 0.25) is 0 Å². The Morgan fingerprint density at radius 3 is 2.55 bits per heavy atom. The largest absolute Gasteiger partial charge is 0.317 e. The number of rotatable bonds is 6. The quantitative estimate of drug-likeness (QED) is 0.855. The molecule has 1 aromatic heterocycles. The van der Waals surface area contributed by atoms with Gasteiger partial charge in [0.05, 0.1) is 0 Å². The van der Waals surface area contributed by atoms with Crippen molar-refractivity contribution >= 4 is 11.3 Å². The average Bonchev–Trinajstić information content (AvgIpc) is 3.16. The van der Waals surface area contributed by atoms with Crippen molar-refractivity contribution < 1.29 is 0 Å². The van der Waals surface area contributed by atoms with Crippen molar-refractivity contribution in [3.63, 3.8) is 0 Å². The molecule has 112 valence electrons. The second-order valence-corrected chi connectivity index (χ2v) is 7.80. The molecule has 0 bridgehead atoms. The maximum Gasteiger partial charge on any atom is 0.0467 e. The molecule has 1 saturated heterocycles. The lowest BCUT2D eigenvalue weighted by atomic mass is 9.94. The Hall–Kier alpha value is -0.380. The van der Waals surface area contributed by atoms with Gasteiger partial charge in [0.2, 0.25) is 0 Å². The van der Waals surface area contributed by atoms with Crippen LogP contribution >= 0.6 is 11.3 Å². The number of hydrogen-bond acceptors (Lipinski definition) is 3. The summed E-state index contributed by atoms with van der Waals surface area (Å²) < 4.78 is 0. The second-order valence-electron chi connectivity index (χ2n) is 6.83. The van der Waals surface area contributed by atoms with Gasteiger partial charge in [-0.1, -0.05) is 19.9 Å². The van der Waals surface area contributed by atoms with Crippen LogP contribution in [0.3, 0.4) is 0 Å². The predicted octanol–water partition coefficient (Wildman–Crippen LogP) is 3.91. The zero-order chi connectivity index (χ0) is 13.9. The molecule has 2 fully saturated rings. The van der Waals surface area contributed by atoms with Crippen LogP contribution in [0.1, 0.15) is 50.4 Å². The minimum absolute atomic E-state index is 0.636. The molecule has 1 aromatic rings. The van der Waals surface area contributed by atoms with Gasteiger partial charge in [0.25, 0.3) is 0 Å². The molecule has 2 heterocycles. The van der Waals surface area contributed by atoms with E-state index in [4.69, 9.17) is 0 Å². The number of thiophene rings is 1. The molecule has 1 saturated carbocycles. The van der Waals surface area contributed by atoms with Crippen LogP contribution in [0, 0.1) is 11.8 Å². The highest BCUT2D eigenvalue weighted by Gasteiger charge is 2.37. The molecule has 0 aromatic carbocycles. The summed E-state index contributed by atoms with van der Waals surface area (Å²) in [6.45, 7) is 8.53. The highest BCUT2D eigenvalue weighted by Crippen LogP contribution is 2.40. The number of nitrogens with one attached hydrogen (secondary N) is 1. The standard InChI is InChI=1S/C17H28N2S/c1-13(2)17(16-4-3-11-20-16)19(15-5-6-15)12-14-7-9-18-10-8-14/h3-4,11,13-15,17-18H,5-10,12H2,1-2H3. The molecule has 20 heavy (non-hydrogen) atoms. The normalized spacial score (nSPS) is 22.6. The van der Waals surface area contributed by atoms with Gasteiger partial charge in [0.1, 0.15) is 0 Å². The van der Waals surface area contributed by atoms with E-state index in [1.165, 1.54) is 45.3 Å². The maximum atomic E-state index is 3.50. The molecular weight excluding hydrogens is 264 g/mol. The molecule has 1 aliphatic carbocycles. The summed E-state index contributed by atoms with van der Waals surface area (Å²) in [5.41, 5.74) is 0. The van der Waals surface area contributed by atoms with Gasteiger partial charge in [-0.05, 0) is 62.1 Å². The van der Waals surface area contributed by atoms with Crippen LogP contribution in [-0.2, 0) is 0 Å². The van der Waals surface area contributed by atoms with E-state index >= 15 is 0 Å². The molecule has 2 aliphatic rings. The Morgan fingerprint density at radius 1 is 1.25 bits per heavy atom. The minimum atomic E-state index is 0.636. The first kappa shape index (κ1) is 14.6. The van der Waals surface area contributed by atoms with Gasteiger partial charge in [-0.3, -0.25) is 4.90 Å².